The van der Waals surface area contributed by atoms with Crippen LogP contribution in [0, 0.1) is 6.92 Å². The minimum absolute atomic E-state index is 0.0716. The average molecular weight is 480 g/mol. The Morgan fingerprint density at radius 3 is 2.00 bits per heavy atom. The lowest BCUT2D eigenvalue weighted by molar-refractivity contribution is 0.102. The molecule has 3 rings (SSSR count). The predicted molar refractivity (Wildman–Crippen MR) is 124 cm³/mol. The van der Waals surface area contributed by atoms with Crippen LogP contribution in [0.3, 0.4) is 0 Å². The topological polar surface area (TPSA) is 104 Å². The van der Waals surface area contributed by atoms with Gasteiger partial charge in [0, 0.05) is 38.4 Å². The molecule has 174 valence electrons. The van der Waals surface area contributed by atoms with Crippen molar-refractivity contribution in [3.8, 4) is 0 Å². The first-order valence-electron chi connectivity index (χ1n) is 10.5. The Morgan fingerprint density at radius 2 is 1.44 bits per heavy atom. The Hall–Kier alpha value is -2.27. The van der Waals surface area contributed by atoms with E-state index in [0.29, 0.717) is 24.3 Å². The molecule has 2 aromatic rings. The molecule has 0 unspecified atom stereocenters. The molecule has 1 aliphatic heterocycles. The molecule has 1 fully saturated rings. The van der Waals surface area contributed by atoms with Crippen LogP contribution >= 0.6 is 0 Å². The predicted octanol–water partition coefficient (Wildman–Crippen LogP) is 3.06. The van der Waals surface area contributed by atoms with Crippen LogP contribution in [0.4, 0.5) is 5.69 Å². The maximum absolute atomic E-state index is 12.9. The minimum Gasteiger partial charge on any atom is -0.322 e. The van der Waals surface area contributed by atoms with Crippen LogP contribution in [-0.4, -0.2) is 58.5 Å². The second-order valence-electron chi connectivity index (χ2n) is 8.06. The quantitative estimate of drug-likeness (QED) is 0.686. The summed E-state index contributed by atoms with van der Waals surface area (Å²) in [4.78, 5) is 13.0. The smallest absolute Gasteiger partial charge is 0.255 e. The molecule has 2 aromatic carbocycles. The normalized spacial score (nSPS) is 16.0. The summed E-state index contributed by atoms with van der Waals surface area (Å²) in [5.41, 5.74) is 1.36. The third-order valence-electron chi connectivity index (χ3n) is 5.56. The summed E-state index contributed by atoms with van der Waals surface area (Å²) in [6, 6.07) is 10.3. The SMILES string of the molecule is Cc1ccc(S(=O)(=O)N(C)C)cc1NC(=O)c1ccc(S(=O)(=O)N2CCCCCC2)cc1. The molecule has 10 heteroatoms. The fraction of sp³-hybridized carbons (Fsp3) is 0.409. The molecule has 0 spiro atoms. The first-order chi connectivity index (χ1) is 15.0. The van der Waals surface area contributed by atoms with Crippen LogP contribution in [-0.2, 0) is 20.0 Å². The van der Waals surface area contributed by atoms with Gasteiger partial charge >= 0.3 is 0 Å². The molecule has 32 heavy (non-hydrogen) atoms. The molecule has 1 heterocycles. The zero-order valence-electron chi connectivity index (χ0n) is 18.5. The number of hydrogen-bond donors (Lipinski definition) is 1. The van der Waals surface area contributed by atoms with E-state index in [-0.39, 0.29) is 15.4 Å². The molecule has 8 nitrogen and oxygen atoms in total. The third kappa shape index (κ3) is 5.20. The van der Waals surface area contributed by atoms with E-state index in [0.717, 1.165) is 30.0 Å². The molecule has 0 bridgehead atoms. The second kappa shape index (κ2) is 9.70. The summed E-state index contributed by atoms with van der Waals surface area (Å²) in [6.07, 6.45) is 3.76. The number of benzene rings is 2. The number of aryl methyl sites for hydroxylation is 1. The van der Waals surface area contributed by atoms with Gasteiger partial charge in [-0.2, -0.15) is 4.31 Å². The van der Waals surface area contributed by atoms with E-state index in [1.807, 2.05) is 0 Å². The van der Waals surface area contributed by atoms with Crippen molar-refractivity contribution in [1.82, 2.24) is 8.61 Å². The lowest BCUT2D eigenvalue weighted by Gasteiger charge is -2.20. The number of nitrogens with one attached hydrogen (secondary N) is 1. The molecular weight excluding hydrogens is 450 g/mol. The van der Waals surface area contributed by atoms with Gasteiger partial charge in [-0.05, 0) is 61.7 Å². The van der Waals surface area contributed by atoms with Gasteiger partial charge in [0.05, 0.1) is 9.79 Å². The number of rotatable bonds is 6. The van der Waals surface area contributed by atoms with Crippen molar-refractivity contribution in [3.05, 3.63) is 53.6 Å². The zero-order chi connectivity index (χ0) is 23.5. The lowest BCUT2D eigenvalue weighted by Crippen LogP contribution is -2.31. The Morgan fingerprint density at radius 1 is 0.875 bits per heavy atom. The van der Waals surface area contributed by atoms with Crippen molar-refractivity contribution in [2.24, 2.45) is 0 Å². The van der Waals surface area contributed by atoms with Gasteiger partial charge in [0.15, 0.2) is 0 Å². The van der Waals surface area contributed by atoms with E-state index in [1.165, 1.54) is 54.8 Å². The highest BCUT2D eigenvalue weighted by atomic mass is 32.2. The number of sulfonamides is 2. The molecular formula is C22H29N3O5S2. The van der Waals surface area contributed by atoms with Crippen molar-refractivity contribution in [3.63, 3.8) is 0 Å². The average Bonchev–Trinajstić information content (AvgIpc) is 3.05. The van der Waals surface area contributed by atoms with E-state index in [1.54, 1.807) is 13.0 Å². The zero-order valence-corrected chi connectivity index (χ0v) is 20.2. The fourth-order valence-corrected chi connectivity index (χ4v) is 5.96. The molecule has 0 aromatic heterocycles. The van der Waals surface area contributed by atoms with Crippen molar-refractivity contribution in [1.29, 1.82) is 0 Å². The maximum atomic E-state index is 12.9. The highest BCUT2D eigenvalue weighted by Gasteiger charge is 2.25. The molecule has 1 aliphatic rings. The highest BCUT2D eigenvalue weighted by Crippen LogP contribution is 2.24. The van der Waals surface area contributed by atoms with E-state index in [9.17, 15) is 21.6 Å². The summed E-state index contributed by atoms with van der Waals surface area (Å²) < 4.78 is 53.2. The van der Waals surface area contributed by atoms with Gasteiger partial charge < -0.3 is 5.32 Å². The van der Waals surface area contributed by atoms with Crippen LogP contribution < -0.4 is 5.32 Å². The van der Waals surface area contributed by atoms with Gasteiger partial charge in [-0.3, -0.25) is 4.79 Å². The molecule has 0 atom stereocenters. The summed E-state index contributed by atoms with van der Waals surface area (Å²) in [6.45, 7) is 2.78. The molecule has 1 amide bonds. The van der Waals surface area contributed by atoms with E-state index in [2.05, 4.69) is 5.32 Å². The van der Waals surface area contributed by atoms with Gasteiger partial charge in [-0.15, -0.1) is 0 Å². The van der Waals surface area contributed by atoms with Crippen molar-refractivity contribution in [2.45, 2.75) is 42.4 Å². The largest absolute Gasteiger partial charge is 0.322 e. The number of carbonyl (C=O) groups is 1. The van der Waals surface area contributed by atoms with Crippen molar-refractivity contribution >= 4 is 31.6 Å². The summed E-state index contributed by atoms with van der Waals surface area (Å²) in [7, 11) is -4.36. The molecule has 0 radical (unpaired) electrons. The third-order valence-corrected chi connectivity index (χ3v) is 9.28. The monoisotopic (exact) mass is 479 g/mol. The number of amides is 1. The van der Waals surface area contributed by atoms with Crippen LogP contribution in [0.1, 0.15) is 41.6 Å². The van der Waals surface area contributed by atoms with Crippen LogP contribution in [0.5, 0.6) is 0 Å². The summed E-state index contributed by atoms with van der Waals surface area (Å²) in [5.74, 6) is -0.453. The van der Waals surface area contributed by atoms with Crippen LogP contribution in [0.25, 0.3) is 0 Å². The Bertz CT molecular complexity index is 1180. The van der Waals surface area contributed by atoms with E-state index in [4.69, 9.17) is 0 Å². The van der Waals surface area contributed by atoms with E-state index < -0.39 is 26.0 Å². The van der Waals surface area contributed by atoms with Gasteiger partial charge in [-0.25, -0.2) is 21.1 Å². The summed E-state index contributed by atoms with van der Waals surface area (Å²) in [5, 5.41) is 2.73. The summed E-state index contributed by atoms with van der Waals surface area (Å²) >= 11 is 0. The van der Waals surface area contributed by atoms with Gasteiger partial charge in [0.2, 0.25) is 20.0 Å². The highest BCUT2D eigenvalue weighted by molar-refractivity contribution is 7.89. The first-order valence-corrected chi connectivity index (χ1v) is 13.4. The fourth-order valence-electron chi connectivity index (χ4n) is 3.51. The number of anilines is 1. The van der Waals surface area contributed by atoms with Crippen LogP contribution in [0.15, 0.2) is 52.3 Å². The maximum Gasteiger partial charge on any atom is 0.255 e. The molecule has 1 saturated heterocycles. The molecule has 0 saturated carbocycles. The van der Waals surface area contributed by atoms with Crippen molar-refractivity contribution < 1.29 is 21.6 Å². The lowest BCUT2D eigenvalue weighted by atomic mass is 10.1. The Kier molecular flexibility index (Phi) is 7.39. The van der Waals surface area contributed by atoms with E-state index >= 15 is 0 Å². The van der Waals surface area contributed by atoms with Crippen LogP contribution in [0.2, 0.25) is 0 Å². The van der Waals surface area contributed by atoms with Gasteiger partial charge in [0.1, 0.15) is 0 Å². The second-order valence-corrected chi connectivity index (χ2v) is 12.2. The number of carbonyl (C=O) groups excluding carboxylic acids is 1. The molecule has 1 N–H and O–H groups in total. The Labute approximate surface area is 190 Å². The number of nitrogens with zero attached hydrogens (tertiary/aromatic N) is 2. The van der Waals surface area contributed by atoms with Crippen molar-refractivity contribution in [2.75, 3.05) is 32.5 Å². The number of hydrogen-bond acceptors (Lipinski definition) is 5. The molecule has 0 aliphatic carbocycles. The first kappa shape index (κ1) is 24.4. The Balaban J connectivity index is 1.80. The van der Waals surface area contributed by atoms with Gasteiger partial charge in [0.25, 0.3) is 5.91 Å². The van der Waals surface area contributed by atoms with Gasteiger partial charge in [-0.1, -0.05) is 18.9 Å². The minimum atomic E-state index is -3.64. The standard InChI is InChI=1S/C22H29N3O5S2/c1-17-8-11-20(31(27,28)24(2)3)16-21(17)23-22(26)18-9-12-19(13-10-18)32(29,30)25-14-6-4-5-7-15-25/h8-13,16H,4-7,14-15H2,1-3H3,(H,23,26).